The molecule has 1 N–H and O–H groups in total. The summed E-state index contributed by atoms with van der Waals surface area (Å²) in [5.41, 5.74) is 0.758. The smallest absolute Gasteiger partial charge is 0.252 e. The number of nitrogens with zero attached hydrogens (tertiary/aromatic N) is 1. The summed E-state index contributed by atoms with van der Waals surface area (Å²) >= 11 is 2.21. The molecule has 0 saturated carbocycles. The summed E-state index contributed by atoms with van der Waals surface area (Å²) in [5.74, 6) is 0.633. The van der Waals surface area contributed by atoms with Crippen molar-refractivity contribution in [2.75, 3.05) is 32.8 Å². The first kappa shape index (κ1) is 17.7. The highest BCUT2D eigenvalue weighted by molar-refractivity contribution is 14.1. The van der Waals surface area contributed by atoms with E-state index in [-0.39, 0.29) is 5.91 Å². The zero-order valence-corrected chi connectivity index (χ0v) is 15.5. The molecule has 22 heavy (non-hydrogen) atoms. The Balaban J connectivity index is 1.95. The van der Waals surface area contributed by atoms with Crippen molar-refractivity contribution < 1.29 is 9.53 Å². The number of nitrogens with one attached hydrogen (secondary N) is 1. The number of rotatable bonds is 6. The largest absolute Gasteiger partial charge is 0.379 e. The lowest BCUT2D eigenvalue weighted by Gasteiger charge is -2.35. The minimum absolute atomic E-state index is 0.0204. The van der Waals surface area contributed by atoms with Crippen molar-refractivity contribution in [3.63, 3.8) is 0 Å². The van der Waals surface area contributed by atoms with Gasteiger partial charge in [0.15, 0.2) is 0 Å². The molecule has 1 aliphatic rings. The SMILES string of the molecule is CC(C)CC(CNC(=O)c1ccccc1I)N1CCOCC1. The molecule has 0 aliphatic carbocycles. The predicted octanol–water partition coefficient (Wildman–Crippen LogP) is 2.77. The Hall–Kier alpha value is -0.660. The van der Waals surface area contributed by atoms with Gasteiger partial charge in [0.2, 0.25) is 0 Å². The molecular weight excluding hydrogens is 391 g/mol. The molecule has 1 amide bonds. The molecule has 2 rings (SSSR count). The Kier molecular flexibility index (Phi) is 7.11. The third-order valence-electron chi connectivity index (χ3n) is 3.92. The summed E-state index contributed by atoms with van der Waals surface area (Å²) < 4.78 is 6.43. The van der Waals surface area contributed by atoms with Crippen molar-refractivity contribution >= 4 is 28.5 Å². The average molecular weight is 416 g/mol. The number of hydrogen-bond donors (Lipinski definition) is 1. The van der Waals surface area contributed by atoms with Gasteiger partial charge in [-0.1, -0.05) is 26.0 Å². The first-order valence-electron chi connectivity index (χ1n) is 7.92. The molecule has 0 radical (unpaired) electrons. The lowest BCUT2D eigenvalue weighted by molar-refractivity contribution is 0.0124. The summed E-state index contributed by atoms with van der Waals surface area (Å²) in [7, 11) is 0. The fourth-order valence-corrected chi connectivity index (χ4v) is 3.43. The van der Waals surface area contributed by atoms with Crippen LogP contribution in [0, 0.1) is 9.49 Å². The van der Waals surface area contributed by atoms with Gasteiger partial charge in [-0.15, -0.1) is 0 Å². The molecule has 0 aromatic heterocycles. The van der Waals surface area contributed by atoms with E-state index in [4.69, 9.17) is 4.74 Å². The zero-order chi connectivity index (χ0) is 15.9. The van der Waals surface area contributed by atoms with Gasteiger partial charge in [-0.3, -0.25) is 9.69 Å². The van der Waals surface area contributed by atoms with E-state index in [9.17, 15) is 4.79 Å². The number of carbonyl (C=O) groups excluding carboxylic acids is 1. The van der Waals surface area contributed by atoms with Crippen molar-refractivity contribution in [2.45, 2.75) is 26.3 Å². The summed E-state index contributed by atoms with van der Waals surface area (Å²) in [6, 6.07) is 8.08. The molecule has 1 aliphatic heterocycles. The molecule has 1 saturated heterocycles. The molecule has 1 heterocycles. The van der Waals surface area contributed by atoms with Crippen molar-refractivity contribution in [3.8, 4) is 0 Å². The van der Waals surface area contributed by atoms with Crippen molar-refractivity contribution in [3.05, 3.63) is 33.4 Å². The number of carbonyl (C=O) groups is 1. The van der Waals surface area contributed by atoms with Crippen molar-refractivity contribution in [1.29, 1.82) is 0 Å². The van der Waals surface area contributed by atoms with E-state index in [0.29, 0.717) is 18.5 Å². The summed E-state index contributed by atoms with van der Waals surface area (Å²) in [4.78, 5) is 14.8. The molecule has 1 aromatic carbocycles. The number of morpholine rings is 1. The van der Waals surface area contributed by atoms with E-state index in [1.54, 1.807) is 0 Å². The van der Waals surface area contributed by atoms with Crippen LogP contribution in [0.15, 0.2) is 24.3 Å². The quantitative estimate of drug-likeness (QED) is 0.726. The van der Waals surface area contributed by atoms with Crippen LogP contribution in [0.4, 0.5) is 0 Å². The fourth-order valence-electron chi connectivity index (χ4n) is 2.80. The van der Waals surface area contributed by atoms with E-state index >= 15 is 0 Å². The Morgan fingerprint density at radius 1 is 1.32 bits per heavy atom. The lowest BCUT2D eigenvalue weighted by atomic mass is 10.0. The molecule has 5 heteroatoms. The molecule has 0 spiro atoms. The van der Waals surface area contributed by atoms with E-state index in [2.05, 4.69) is 46.7 Å². The number of ether oxygens (including phenoxy) is 1. The molecule has 4 nitrogen and oxygen atoms in total. The van der Waals surface area contributed by atoms with Gasteiger partial charge in [0.05, 0.1) is 18.8 Å². The van der Waals surface area contributed by atoms with Crippen LogP contribution in [0.5, 0.6) is 0 Å². The molecule has 1 aromatic rings. The highest BCUT2D eigenvalue weighted by Gasteiger charge is 2.22. The summed E-state index contributed by atoms with van der Waals surface area (Å²) in [6.45, 7) is 8.65. The van der Waals surface area contributed by atoms with Crippen LogP contribution in [0.3, 0.4) is 0 Å². The first-order valence-corrected chi connectivity index (χ1v) is 9.00. The van der Waals surface area contributed by atoms with Crippen LogP contribution in [0.25, 0.3) is 0 Å². The minimum atomic E-state index is 0.0204. The maximum Gasteiger partial charge on any atom is 0.252 e. The fraction of sp³-hybridized carbons (Fsp3) is 0.588. The van der Waals surface area contributed by atoms with Crippen molar-refractivity contribution in [2.24, 2.45) is 5.92 Å². The second-order valence-electron chi connectivity index (χ2n) is 6.12. The van der Waals surface area contributed by atoms with Crippen molar-refractivity contribution in [1.82, 2.24) is 10.2 Å². The summed E-state index contributed by atoms with van der Waals surface area (Å²) in [5, 5.41) is 3.12. The van der Waals surface area contributed by atoms with Crippen LogP contribution in [-0.4, -0.2) is 49.7 Å². The van der Waals surface area contributed by atoms with E-state index in [1.165, 1.54) is 0 Å². The monoisotopic (exact) mass is 416 g/mol. The predicted molar refractivity (Wildman–Crippen MR) is 97.1 cm³/mol. The number of hydrogen-bond acceptors (Lipinski definition) is 3. The third-order valence-corrected chi connectivity index (χ3v) is 4.86. The Morgan fingerprint density at radius 3 is 2.64 bits per heavy atom. The summed E-state index contributed by atoms with van der Waals surface area (Å²) in [6.07, 6.45) is 1.09. The highest BCUT2D eigenvalue weighted by Crippen LogP contribution is 2.14. The maximum atomic E-state index is 12.4. The molecule has 1 fully saturated rings. The second kappa shape index (κ2) is 8.84. The average Bonchev–Trinajstić information content (AvgIpc) is 2.52. The molecule has 1 atom stereocenters. The van der Waals surface area contributed by atoms with Crippen LogP contribution in [0.2, 0.25) is 0 Å². The highest BCUT2D eigenvalue weighted by atomic mass is 127. The Bertz CT molecular complexity index is 487. The first-order chi connectivity index (χ1) is 10.6. The van der Waals surface area contributed by atoms with Gasteiger partial charge in [-0.2, -0.15) is 0 Å². The van der Waals surface area contributed by atoms with Crippen LogP contribution >= 0.6 is 22.6 Å². The topological polar surface area (TPSA) is 41.6 Å². The van der Waals surface area contributed by atoms with Crippen LogP contribution < -0.4 is 5.32 Å². The normalized spacial score (nSPS) is 17.5. The molecule has 0 bridgehead atoms. The van der Waals surface area contributed by atoms with Crippen LogP contribution in [0.1, 0.15) is 30.6 Å². The standard InChI is InChI=1S/C17H25IN2O2/c1-13(2)11-14(20-7-9-22-10-8-20)12-19-17(21)15-5-3-4-6-16(15)18/h3-6,13-14H,7-12H2,1-2H3,(H,19,21). The third kappa shape index (κ3) is 5.21. The van der Waals surface area contributed by atoms with Gasteiger partial charge in [0, 0.05) is 29.2 Å². The van der Waals surface area contributed by atoms with Gasteiger partial charge >= 0.3 is 0 Å². The van der Waals surface area contributed by atoms with Gasteiger partial charge in [-0.05, 0) is 47.1 Å². The number of halogens is 1. The second-order valence-corrected chi connectivity index (χ2v) is 7.28. The molecule has 122 valence electrons. The zero-order valence-electron chi connectivity index (χ0n) is 13.3. The lowest BCUT2D eigenvalue weighted by Crippen LogP contribution is -2.49. The van der Waals surface area contributed by atoms with Gasteiger partial charge in [-0.25, -0.2) is 0 Å². The molecule has 1 unspecified atom stereocenters. The van der Waals surface area contributed by atoms with E-state index in [1.807, 2.05) is 24.3 Å². The van der Waals surface area contributed by atoms with E-state index < -0.39 is 0 Å². The maximum absolute atomic E-state index is 12.4. The van der Waals surface area contributed by atoms with Gasteiger partial charge < -0.3 is 10.1 Å². The Morgan fingerprint density at radius 2 is 2.00 bits per heavy atom. The van der Waals surface area contributed by atoms with Gasteiger partial charge in [0.25, 0.3) is 5.91 Å². The number of benzene rings is 1. The minimum Gasteiger partial charge on any atom is -0.379 e. The van der Waals surface area contributed by atoms with Crippen LogP contribution in [-0.2, 0) is 4.74 Å². The van der Waals surface area contributed by atoms with Gasteiger partial charge in [0.1, 0.15) is 0 Å². The number of amides is 1. The Labute approximate surface area is 146 Å². The molecular formula is C17H25IN2O2. The van der Waals surface area contributed by atoms with E-state index in [0.717, 1.165) is 41.9 Å².